The molecule has 0 amide bonds. The fourth-order valence-electron chi connectivity index (χ4n) is 10.5. The zero-order valence-corrected chi connectivity index (χ0v) is 53.6. The van der Waals surface area contributed by atoms with Gasteiger partial charge < -0.3 is 14.2 Å². The number of hydrogen-bond acceptors (Lipinski definition) is 6. The number of ether oxygens (including phenoxy) is 3. The highest BCUT2D eigenvalue weighted by molar-refractivity contribution is 5.71. The second kappa shape index (κ2) is 68.6. The summed E-state index contributed by atoms with van der Waals surface area (Å²) in [6, 6.07) is 0. The van der Waals surface area contributed by atoms with E-state index in [9.17, 15) is 14.4 Å². The van der Waals surface area contributed by atoms with Crippen molar-refractivity contribution in [3.05, 3.63) is 60.8 Å². The lowest BCUT2D eigenvalue weighted by Crippen LogP contribution is -2.30. The van der Waals surface area contributed by atoms with Crippen LogP contribution in [0.25, 0.3) is 0 Å². The molecule has 1 atom stereocenters. The SMILES string of the molecule is CC/C=C\C/C=C\C/C=C\C/C=C\C/C=C\CCCCCCCC(=O)OC(COC(=O)CCCCCCCCCCCCCCCCCCC)COC(=O)CCCCCCCCCCCCCCCCCCCCCCCCCC. The molecule has 0 aliphatic rings. The molecule has 0 saturated carbocycles. The molecule has 0 aromatic heterocycles. The van der Waals surface area contributed by atoms with Gasteiger partial charge in [0.15, 0.2) is 6.10 Å². The Hall–Kier alpha value is -2.89. The van der Waals surface area contributed by atoms with E-state index in [2.05, 4.69) is 81.5 Å². The normalized spacial score (nSPS) is 12.4. The Kier molecular flexibility index (Phi) is 66.1. The Balaban J connectivity index is 4.33. The molecule has 0 spiro atoms. The number of hydrogen-bond donors (Lipinski definition) is 0. The summed E-state index contributed by atoms with van der Waals surface area (Å²) in [6.45, 7) is 6.58. The van der Waals surface area contributed by atoms with E-state index < -0.39 is 6.10 Å². The zero-order valence-electron chi connectivity index (χ0n) is 53.6. The van der Waals surface area contributed by atoms with Crippen LogP contribution in [0.5, 0.6) is 0 Å². The quantitative estimate of drug-likeness (QED) is 0.0261. The molecule has 6 nitrogen and oxygen atoms in total. The molecular weight excluding hydrogens is 985 g/mol. The number of rotatable bonds is 65. The van der Waals surface area contributed by atoms with E-state index in [1.165, 1.54) is 225 Å². The van der Waals surface area contributed by atoms with Crippen molar-refractivity contribution in [3.63, 3.8) is 0 Å². The zero-order chi connectivity index (χ0) is 57.8. The average Bonchev–Trinajstić information content (AvgIpc) is 3.46. The Morgan fingerprint density at radius 2 is 0.487 bits per heavy atom. The molecule has 0 aromatic rings. The molecule has 0 bridgehead atoms. The summed E-state index contributed by atoms with van der Waals surface area (Å²) in [6.07, 6.45) is 88.2. The third-order valence-corrected chi connectivity index (χ3v) is 15.8. The van der Waals surface area contributed by atoms with Gasteiger partial charge in [0.1, 0.15) is 13.2 Å². The van der Waals surface area contributed by atoms with Gasteiger partial charge in [0.2, 0.25) is 0 Å². The highest BCUT2D eigenvalue weighted by Gasteiger charge is 2.19. The Bertz CT molecular complexity index is 1430. The first-order valence-electron chi connectivity index (χ1n) is 35.3. The minimum absolute atomic E-state index is 0.0772. The van der Waals surface area contributed by atoms with Crippen molar-refractivity contribution in [2.24, 2.45) is 0 Å². The standard InChI is InChI=1S/C74H134O6/c1-4-7-10-13-16-19-22-25-28-31-33-35-36-37-39-40-43-46-49-52-55-58-61-64-67-73(76)79-70-71(69-78-72(75)66-63-60-57-54-51-48-45-42-30-27-24-21-18-15-12-9-6-3)80-74(77)68-65-62-59-56-53-50-47-44-41-38-34-32-29-26-23-20-17-14-11-8-5-2/h8,11,17,20,26,29,34,38,44,47,71H,4-7,9-10,12-16,18-19,21-25,27-28,30-33,35-37,39-43,45-46,48-70H2,1-3H3/b11-8-,20-17-,29-26-,38-34-,47-44-. The first-order valence-corrected chi connectivity index (χ1v) is 35.3. The monoisotopic (exact) mass is 1120 g/mol. The Morgan fingerprint density at radius 3 is 0.762 bits per heavy atom. The number of carbonyl (C=O) groups excluding carboxylic acids is 3. The van der Waals surface area contributed by atoms with Gasteiger partial charge in [0.25, 0.3) is 0 Å². The van der Waals surface area contributed by atoms with E-state index in [4.69, 9.17) is 14.2 Å². The van der Waals surface area contributed by atoms with E-state index >= 15 is 0 Å². The molecule has 0 radical (unpaired) electrons. The summed E-state index contributed by atoms with van der Waals surface area (Å²) in [5.74, 6) is -0.869. The molecule has 466 valence electrons. The molecule has 0 fully saturated rings. The molecule has 80 heavy (non-hydrogen) atoms. The van der Waals surface area contributed by atoms with Crippen molar-refractivity contribution in [2.45, 2.75) is 380 Å². The predicted molar refractivity (Wildman–Crippen MR) is 348 cm³/mol. The molecule has 1 unspecified atom stereocenters. The molecule has 0 N–H and O–H groups in total. The summed E-state index contributed by atoms with van der Waals surface area (Å²) in [4.78, 5) is 38.5. The van der Waals surface area contributed by atoms with Gasteiger partial charge in [-0.25, -0.2) is 0 Å². The molecule has 0 saturated heterocycles. The second-order valence-electron chi connectivity index (χ2n) is 23.8. The highest BCUT2D eigenvalue weighted by Crippen LogP contribution is 2.18. The fourth-order valence-corrected chi connectivity index (χ4v) is 10.5. The van der Waals surface area contributed by atoms with Gasteiger partial charge >= 0.3 is 17.9 Å². The van der Waals surface area contributed by atoms with Gasteiger partial charge in [0, 0.05) is 19.3 Å². The minimum Gasteiger partial charge on any atom is -0.462 e. The van der Waals surface area contributed by atoms with E-state index in [1.807, 2.05) is 0 Å². The number of carbonyl (C=O) groups is 3. The third-order valence-electron chi connectivity index (χ3n) is 15.8. The fraction of sp³-hybridized carbons (Fsp3) is 0.824. The average molecular weight is 1120 g/mol. The number of allylic oxidation sites excluding steroid dienone is 10. The van der Waals surface area contributed by atoms with Crippen LogP contribution in [-0.2, 0) is 28.6 Å². The summed E-state index contributed by atoms with van der Waals surface area (Å²) in [7, 11) is 0. The Morgan fingerprint density at radius 1 is 0.263 bits per heavy atom. The van der Waals surface area contributed by atoms with Gasteiger partial charge in [-0.05, 0) is 64.2 Å². The second-order valence-corrected chi connectivity index (χ2v) is 23.8. The maximum atomic E-state index is 13.0. The third kappa shape index (κ3) is 65.9. The van der Waals surface area contributed by atoms with Crippen LogP contribution in [0, 0.1) is 0 Å². The lowest BCUT2D eigenvalue weighted by molar-refractivity contribution is -0.167. The molecular formula is C74H134O6. The van der Waals surface area contributed by atoms with Crippen molar-refractivity contribution in [3.8, 4) is 0 Å². The minimum atomic E-state index is -0.784. The van der Waals surface area contributed by atoms with Crippen molar-refractivity contribution in [1.29, 1.82) is 0 Å². The highest BCUT2D eigenvalue weighted by atomic mass is 16.6. The van der Waals surface area contributed by atoms with Crippen LogP contribution in [0.3, 0.4) is 0 Å². The van der Waals surface area contributed by atoms with Crippen LogP contribution in [0.2, 0.25) is 0 Å². The smallest absolute Gasteiger partial charge is 0.306 e. The van der Waals surface area contributed by atoms with Gasteiger partial charge in [-0.2, -0.15) is 0 Å². The number of unbranched alkanes of at least 4 members (excludes halogenated alkanes) is 44. The molecule has 0 heterocycles. The summed E-state index contributed by atoms with van der Waals surface area (Å²) < 4.78 is 17.0. The number of esters is 3. The van der Waals surface area contributed by atoms with Crippen molar-refractivity contribution in [2.75, 3.05) is 13.2 Å². The van der Waals surface area contributed by atoms with Crippen molar-refractivity contribution < 1.29 is 28.6 Å². The first-order chi connectivity index (χ1) is 39.5. The molecule has 0 aliphatic heterocycles. The maximum Gasteiger partial charge on any atom is 0.306 e. The van der Waals surface area contributed by atoms with E-state index in [1.54, 1.807) is 0 Å². The van der Waals surface area contributed by atoms with Crippen LogP contribution in [-0.4, -0.2) is 37.2 Å². The van der Waals surface area contributed by atoms with Crippen molar-refractivity contribution >= 4 is 17.9 Å². The van der Waals surface area contributed by atoms with Gasteiger partial charge in [-0.3, -0.25) is 14.4 Å². The molecule has 6 heteroatoms. The van der Waals surface area contributed by atoms with E-state index in [-0.39, 0.29) is 31.1 Å². The largest absolute Gasteiger partial charge is 0.462 e. The van der Waals surface area contributed by atoms with Crippen LogP contribution < -0.4 is 0 Å². The molecule has 0 aromatic carbocycles. The van der Waals surface area contributed by atoms with Gasteiger partial charge in [-0.1, -0.05) is 351 Å². The molecule has 0 rings (SSSR count). The van der Waals surface area contributed by atoms with Crippen molar-refractivity contribution in [1.82, 2.24) is 0 Å². The van der Waals surface area contributed by atoms with E-state index in [0.29, 0.717) is 19.3 Å². The van der Waals surface area contributed by atoms with Crippen LogP contribution in [0.1, 0.15) is 374 Å². The predicted octanol–water partition coefficient (Wildman–Crippen LogP) is 24.3. The first kappa shape index (κ1) is 77.1. The lowest BCUT2D eigenvalue weighted by atomic mass is 10.0. The van der Waals surface area contributed by atoms with Gasteiger partial charge in [0.05, 0.1) is 0 Å². The lowest BCUT2D eigenvalue weighted by Gasteiger charge is -2.18. The van der Waals surface area contributed by atoms with Crippen LogP contribution >= 0.6 is 0 Å². The Labute approximate surface area is 498 Å². The molecule has 0 aliphatic carbocycles. The topological polar surface area (TPSA) is 78.9 Å². The van der Waals surface area contributed by atoms with E-state index in [0.717, 1.165) is 109 Å². The summed E-state index contributed by atoms with van der Waals surface area (Å²) >= 11 is 0. The summed E-state index contributed by atoms with van der Waals surface area (Å²) in [5.41, 5.74) is 0. The van der Waals surface area contributed by atoms with Crippen LogP contribution in [0.4, 0.5) is 0 Å². The van der Waals surface area contributed by atoms with Gasteiger partial charge in [-0.15, -0.1) is 0 Å². The van der Waals surface area contributed by atoms with Crippen LogP contribution in [0.15, 0.2) is 60.8 Å². The maximum absolute atomic E-state index is 13.0. The summed E-state index contributed by atoms with van der Waals surface area (Å²) in [5, 5.41) is 0.